The average Bonchev–Trinajstić information content (AvgIpc) is 3.43. The zero-order valence-electron chi connectivity index (χ0n) is 25.1. The molecule has 0 unspecified atom stereocenters. The van der Waals surface area contributed by atoms with E-state index in [9.17, 15) is 4.79 Å². The Hall–Kier alpha value is -4.12. The van der Waals surface area contributed by atoms with Crippen molar-refractivity contribution in [1.29, 1.82) is 0 Å². The summed E-state index contributed by atoms with van der Waals surface area (Å²) < 4.78 is 11.7. The molecular formula is C33H41N7O3. The molecule has 10 nitrogen and oxygen atoms in total. The van der Waals surface area contributed by atoms with Gasteiger partial charge in [0.05, 0.1) is 36.2 Å². The maximum Gasteiger partial charge on any atom is 0.273 e. The molecule has 3 heterocycles. The number of amides is 1. The largest absolute Gasteiger partial charge is 0.491 e. The molecule has 1 N–H and O–H groups in total. The highest BCUT2D eigenvalue weighted by Gasteiger charge is 2.23. The monoisotopic (exact) mass is 583 g/mol. The molecule has 43 heavy (non-hydrogen) atoms. The van der Waals surface area contributed by atoms with Gasteiger partial charge in [0.2, 0.25) is 0 Å². The van der Waals surface area contributed by atoms with Gasteiger partial charge < -0.3 is 29.1 Å². The second kappa shape index (κ2) is 13.5. The fourth-order valence-electron chi connectivity index (χ4n) is 5.60. The molecule has 3 aromatic carbocycles. The standard InChI is InChI=1S/C33H41N7O3/c1-36-12-16-38(17-13-36)28-9-11-30(32(22-28)39-18-14-37(2)15-19-39)33(41)35-40-31-23-29(10-8-27(31)24-34-40)43-21-20-42-25-26-6-4-3-5-7-26/h3-11,22-24H,12-21,25H2,1-2H3,(H,35,41). The molecule has 2 fully saturated rings. The van der Waals surface area contributed by atoms with Crippen LogP contribution in [0.5, 0.6) is 5.75 Å². The zero-order chi connectivity index (χ0) is 29.6. The van der Waals surface area contributed by atoms with E-state index in [0.29, 0.717) is 31.1 Å². The van der Waals surface area contributed by atoms with Crippen molar-refractivity contribution in [1.82, 2.24) is 19.7 Å². The number of rotatable bonds is 10. The minimum atomic E-state index is -0.190. The Bertz CT molecular complexity index is 1510. The Morgan fingerprint density at radius 3 is 2.28 bits per heavy atom. The third-order valence-electron chi connectivity index (χ3n) is 8.30. The van der Waals surface area contributed by atoms with Crippen molar-refractivity contribution >= 4 is 28.2 Å². The maximum absolute atomic E-state index is 13.8. The molecule has 10 heteroatoms. The molecule has 2 saturated heterocycles. The van der Waals surface area contributed by atoms with Gasteiger partial charge in [-0.25, -0.2) is 5.43 Å². The highest BCUT2D eigenvalue weighted by Crippen LogP contribution is 2.29. The number of fused-ring (bicyclic) bond motifs is 1. The fraction of sp³-hybridized carbons (Fsp3) is 0.394. The molecule has 0 saturated carbocycles. The summed E-state index contributed by atoms with van der Waals surface area (Å²) in [6.45, 7) is 9.15. The smallest absolute Gasteiger partial charge is 0.273 e. The van der Waals surface area contributed by atoms with Gasteiger partial charge in [0.1, 0.15) is 12.4 Å². The number of carbonyl (C=O) groups excluding carboxylic acids is 1. The number of carbonyl (C=O) groups is 1. The van der Waals surface area contributed by atoms with Crippen LogP contribution in [-0.4, -0.2) is 105 Å². The molecule has 0 spiro atoms. The van der Waals surface area contributed by atoms with Crippen LogP contribution < -0.4 is 20.0 Å². The molecule has 0 atom stereocenters. The Balaban J connectivity index is 1.15. The van der Waals surface area contributed by atoms with Gasteiger partial charge >= 0.3 is 0 Å². The highest BCUT2D eigenvalue weighted by atomic mass is 16.5. The van der Waals surface area contributed by atoms with Crippen LogP contribution in [-0.2, 0) is 11.3 Å². The Morgan fingerprint density at radius 1 is 0.814 bits per heavy atom. The van der Waals surface area contributed by atoms with Crippen molar-refractivity contribution in [3.05, 3.63) is 84.1 Å². The van der Waals surface area contributed by atoms with Crippen LogP contribution >= 0.6 is 0 Å². The van der Waals surface area contributed by atoms with E-state index in [2.05, 4.69) is 56.4 Å². The minimum Gasteiger partial charge on any atom is -0.491 e. The lowest BCUT2D eigenvalue weighted by Crippen LogP contribution is -2.46. The summed E-state index contributed by atoms with van der Waals surface area (Å²) in [5.74, 6) is 0.506. The molecule has 1 aromatic heterocycles. The molecule has 2 aliphatic heterocycles. The fourth-order valence-corrected chi connectivity index (χ4v) is 5.60. The highest BCUT2D eigenvalue weighted by molar-refractivity contribution is 6.05. The van der Waals surface area contributed by atoms with E-state index >= 15 is 0 Å². The first kappa shape index (κ1) is 29.0. The second-order valence-corrected chi connectivity index (χ2v) is 11.4. The number of ether oxygens (including phenoxy) is 2. The van der Waals surface area contributed by atoms with Crippen molar-refractivity contribution in [3.63, 3.8) is 0 Å². The van der Waals surface area contributed by atoms with E-state index in [1.807, 2.05) is 54.6 Å². The summed E-state index contributed by atoms with van der Waals surface area (Å²) in [6, 6.07) is 22.1. The lowest BCUT2D eigenvalue weighted by Gasteiger charge is -2.37. The van der Waals surface area contributed by atoms with Crippen LogP contribution in [0.25, 0.3) is 10.9 Å². The molecule has 4 aromatic rings. The summed E-state index contributed by atoms with van der Waals surface area (Å²) in [4.78, 5) is 24.7. The zero-order valence-corrected chi connectivity index (χ0v) is 25.1. The Labute approximate surface area is 253 Å². The van der Waals surface area contributed by atoms with Crippen LogP contribution in [0.2, 0.25) is 0 Å². The molecule has 6 rings (SSSR count). The van der Waals surface area contributed by atoms with Crippen molar-refractivity contribution in [2.24, 2.45) is 0 Å². The first-order valence-electron chi connectivity index (χ1n) is 15.1. The quantitative estimate of drug-likeness (QED) is 0.284. The van der Waals surface area contributed by atoms with Crippen molar-refractivity contribution in [2.75, 3.05) is 94.9 Å². The molecule has 1 amide bonds. The van der Waals surface area contributed by atoms with E-state index < -0.39 is 0 Å². The summed E-state index contributed by atoms with van der Waals surface area (Å²) in [5, 5.41) is 5.38. The minimum absolute atomic E-state index is 0.190. The number of hydrogen-bond acceptors (Lipinski definition) is 8. The average molecular weight is 584 g/mol. The van der Waals surface area contributed by atoms with Crippen LogP contribution in [0.1, 0.15) is 15.9 Å². The molecule has 0 radical (unpaired) electrons. The van der Waals surface area contributed by atoms with Crippen LogP contribution in [0.3, 0.4) is 0 Å². The van der Waals surface area contributed by atoms with Gasteiger partial charge in [0.15, 0.2) is 0 Å². The number of benzene rings is 3. The number of nitrogens with one attached hydrogen (secondary N) is 1. The number of hydrogen-bond donors (Lipinski definition) is 1. The molecule has 2 aliphatic rings. The number of aromatic nitrogens is 2. The Kier molecular flexibility index (Phi) is 9.07. The van der Waals surface area contributed by atoms with E-state index in [-0.39, 0.29) is 5.91 Å². The lowest BCUT2D eigenvalue weighted by atomic mass is 10.1. The topological polar surface area (TPSA) is 78.3 Å². The third kappa shape index (κ3) is 7.10. The summed E-state index contributed by atoms with van der Waals surface area (Å²) in [7, 11) is 4.31. The van der Waals surface area contributed by atoms with E-state index in [0.717, 1.165) is 80.2 Å². The van der Waals surface area contributed by atoms with E-state index in [4.69, 9.17) is 9.47 Å². The second-order valence-electron chi connectivity index (χ2n) is 11.4. The molecular weight excluding hydrogens is 542 g/mol. The van der Waals surface area contributed by atoms with Crippen LogP contribution in [0.15, 0.2) is 72.9 Å². The van der Waals surface area contributed by atoms with E-state index in [1.54, 1.807) is 11.0 Å². The predicted molar refractivity (Wildman–Crippen MR) is 171 cm³/mol. The number of anilines is 2. The predicted octanol–water partition coefficient (Wildman–Crippen LogP) is 3.52. The first-order valence-corrected chi connectivity index (χ1v) is 15.1. The van der Waals surface area contributed by atoms with Gasteiger partial charge in [-0.3, -0.25) is 4.79 Å². The summed E-state index contributed by atoms with van der Waals surface area (Å²) >= 11 is 0. The molecule has 0 bridgehead atoms. The SMILES string of the molecule is CN1CCN(c2ccc(C(=O)Nn3ncc4ccc(OCCOCc5ccccc5)cc43)c(N3CCN(C)CC3)c2)CC1. The van der Waals surface area contributed by atoms with Crippen molar-refractivity contribution in [3.8, 4) is 5.75 Å². The van der Waals surface area contributed by atoms with Crippen molar-refractivity contribution < 1.29 is 14.3 Å². The first-order chi connectivity index (χ1) is 21.0. The maximum atomic E-state index is 13.8. The Morgan fingerprint density at radius 2 is 1.53 bits per heavy atom. The van der Waals surface area contributed by atoms with Gasteiger partial charge in [-0.15, -0.1) is 0 Å². The van der Waals surface area contributed by atoms with Gasteiger partial charge in [-0.2, -0.15) is 9.89 Å². The van der Waals surface area contributed by atoms with Gasteiger partial charge in [-0.1, -0.05) is 30.3 Å². The van der Waals surface area contributed by atoms with Crippen LogP contribution in [0.4, 0.5) is 11.4 Å². The number of nitrogens with zero attached hydrogens (tertiary/aromatic N) is 6. The van der Waals surface area contributed by atoms with E-state index in [1.165, 1.54) is 0 Å². The third-order valence-corrected chi connectivity index (χ3v) is 8.30. The van der Waals surface area contributed by atoms with Crippen LogP contribution in [0, 0.1) is 0 Å². The van der Waals surface area contributed by atoms with Crippen molar-refractivity contribution in [2.45, 2.75) is 6.61 Å². The molecule has 226 valence electrons. The van der Waals surface area contributed by atoms with Gasteiger partial charge in [-0.05, 0) is 50.0 Å². The summed E-state index contributed by atoms with van der Waals surface area (Å²) in [6.07, 6.45) is 1.75. The normalized spacial score (nSPS) is 16.5. The lowest BCUT2D eigenvalue weighted by molar-refractivity contribution is 0.0889. The molecule has 0 aliphatic carbocycles. The number of piperazine rings is 2. The summed E-state index contributed by atoms with van der Waals surface area (Å²) in [5.41, 5.74) is 7.71. The van der Waals surface area contributed by atoms with Gasteiger partial charge in [0, 0.05) is 69.5 Å². The van der Waals surface area contributed by atoms with Gasteiger partial charge in [0.25, 0.3) is 5.91 Å². The number of likely N-dealkylation sites (N-methyl/N-ethyl adjacent to an activating group) is 2.